The van der Waals surface area contributed by atoms with E-state index in [1.165, 1.54) is 59.1 Å². The Bertz CT molecular complexity index is 926. The van der Waals surface area contributed by atoms with Crippen LogP contribution in [-0.2, 0) is 41.5 Å². The third kappa shape index (κ3) is 6.84. The van der Waals surface area contributed by atoms with Gasteiger partial charge in [-0.1, -0.05) is 65.3 Å². The molecule has 0 heterocycles. The molecule has 3 aliphatic carbocycles. The molecule has 32 heavy (non-hydrogen) atoms. The van der Waals surface area contributed by atoms with Gasteiger partial charge in [0.05, 0.1) is 0 Å². The van der Waals surface area contributed by atoms with Crippen LogP contribution in [0.4, 0.5) is 0 Å². The van der Waals surface area contributed by atoms with E-state index in [9.17, 15) is 0 Å². The van der Waals surface area contributed by atoms with Gasteiger partial charge in [-0.25, -0.2) is 12.2 Å². The van der Waals surface area contributed by atoms with Crippen molar-refractivity contribution in [2.24, 2.45) is 0 Å². The van der Waals surface area contributed by atoms with Crippen LogP contribution >= 0.6 is 0 Å². The van der Waals surface area contributed by atoms with Crippen LogP contribution in [-0.4, -0.2) is 3.21 Å². The van der Waals surface area contributed by atoms with Gasteiger partial charge in [0.25, 0.3) is 0 Å². The SMILES string of the molecule is CC(C)(C)c1[c-]c2c(cc1)-c1ccc(C(C)(C)C)cc1C2.[C-]1=CC=CC1.[Zr+2]=[C]1CCCC1. The van der Waals surface area contributed by atoms with Crippen molar-refractivity contribution in [3.63, 3.8) is 0 Å². The van der Waals surface area contributed by atoms with Crippen molar-refractivity contribution in [2.75, 3.05) is 0 Å². The molecule has 0 atom stereocenters. The van der Waals surface area contributed by atoms with E-state index in [0.717, 1.165) is 12.8 Å². The fraction of sp³-hybridized carbons (Fsp3) is 0.452. The Morgan fingerprint density at radius 1 is 0.844 bits per heavy atom. The minimum atomic E-state index is 0.167. The van der Waals surface area contributed by atoms with Gasteiger partial charge in [-0.05, 0) is 28.4 Å². The van der Waals surface area contributed by atoms with E-state index in [4.69, 9.17) is 0 Å². The number of rotatable bonds is 0. The summed E-state index contributed by atoms with van der Waals surface area (Å²) in [6.07, 6.45) is 16.9. The average molecular weight is 502 g/mol. The first-order valence-electron chi connectivity index (χ1n) is 12.0. The molecule has 0 radical (unpaired) electrons. The normalized spacial score (nSPS) is 16.2. The van der Waals surface area contributed by atoms with E-state index in [2.05, 4.69) is 90.1 Å². The van der Waals surface area contributed by atoms with Gasteiger partial charge in [0.15, 0.2) is 0 Å². The molecular formula is C31H38Zr. The van der Waals surface area contributed by atoms with Gasteiger partial charge in [-0.3, -0.25) is 6.08 Å². The van der Waals surface area contributed by atoms with Gasteiger partial charge in [0.2, 0.25) is 0 Å². The van der Waals surface area contributed by atoms with Crippen molar-refractivity contribution >= 4 is 3.21 Å². The molecule has 1 saturated carbocycles. The number of hydrogen-bond acceptors (Lipinski definition) is 0. The molecule has 0 saturated heterocycles. The Hall–Kier alpha value is -1.33. The van der Waals surface area contributed by atoms with E-state index < -0.39 is 0 Å². The molecule has 2 aromatic carbocycles. The molecule has 0 spiro atoms. The fourth-order valence-electron chi connectivity index (χ4n) is 4.17. The Labute approximate surface area is 211 Å². The van der Waals surface area contributed by atoms with Crippen LogP contribution in [0.5, 0.6) is 0 Å². The first kappa shape index (κ1) is 25.3. The molecule has 5 rings (SSSR count). The zero-order valence-corrected chi connectivity index (χ0v) is 23.3. The van der Waals surface area contributed by atoms with Crippen LogP contribution in [0.1, 0.15) is 95.9 Å². The molecule has 0 N–H and O–H groups in total. The summed E-state index contributed by atoms with van der Waals surface area (Å²) in [5.41, 5.74) is 8.70. The second kappa shape index (κ2) is 10.7. The van der Waals surface area contributed by atoms with Crippen molar-refractivity contribution in [1.82, 2.24) is 0 Å². The zero-order chi connectivity index (χ0) is 23.4. The van der Waals surface area contributed by atoms with Crippen molar-refractivity contribution in [3.05, 3.63) is 83.0 Å². The molecular weight excluding hydrogens is 464 g/mol. The molecule has 3 aliphatic rings. The predicted molar refractivity (Wildman–Crippen MR) is 136 cm³/mol. The van der Waals surface area contributed by atoms with E-state index >= 15 is 0 Å². The summed E-state index contributed by atoms with van der Waals surface area (Å²) in [7, 11) is 0. The Morgan fingerprint density at radius 3 is 2.00 bits per heavy atom. The van der Waals surface area contributed by atoms with Gasteiger partial charge < -0.3 is 0 Å². The molecule has 0 amide bonds. The van der Waals surface area contributed by atoms with E-state index in [0.29, 0.717) is 0 Å². The van der Waals surface area contributed by atoms with Crippen LogP contribution in [0.2, 0.25) is 0 Å². The molecule has 2 aromatic rings. The van der Waals surface area contributed by atoms with Gasteiger partial charge in [0, 0.05) is 0 Å². The summed E-state index contributed by atoms with van der Waals surface area (Å²) in [5, 5.41) is 0. The molecule has 0 unspecified atom stereocenters. The molecule has 1 heteroatoms. The first-order valence-corrected chi connectivity index (χ1v) is 13.3. The molecule has 1 fully saturated rings. The summed E-state index contributed by atoms with van der Waals surface area (Å²) in [6.45, 7) is 13.6. The molecule has 0 aliphatic heterocycles. The van der Waals surface area contributed by atoms with Crippen LogP contribution in [0.3, 0.4) is 0 Å². The minimum absolute atomic E-state index is 0.167. The van der Waals surface area contributed by atoms with Crippen LogP contribution in [0.25, 0.3) is 11.1 Å². The predicted octanol–water partition coefficient (Wildman–Crippen LogP) is 8.24. The van der Waals surface area contributed by atoms with E-state index in [1.807, 2.05) is 12.2 Å². The molecule has 0 bridgehead atoms. The molecule has 0 nitrogen and oxygen atoms in total. The van der Waals surface area contributed by atoms with Crippen molar-refractivity contribution < 1.29 is 24.2 Å². The monoisotopic (exact) mass is 500 g/mol. The summed E-state index contributed by atoms with van der Waals surface area (Å²) in [4.78, 5) is 0. The maximum atomic E-state index is 3.67. The standard InChI is InChI=1S/C21H25.C5H8.C5H5.Zr/c1-20(2,3)16-7-9-18-14(12-16)11-15-13-17(21(4,5)6)8-10-19(15)18;2*1-2-4-5-3-1;/h7-10,12H,11H2,1-6H3;1-4H2;1-3H,4H2;/q-1;;-1;+2. The van der Waals surface area contributed by atoms with E-state index in [1.54, 1.807) is 27.4 Å². The number of benzene rings is 2. The summed E-state index contributed by atoms with van der Waals surface area (Å²) in [5.74, 6) is 0. The third-order valence-corrected chi connectivity index (χ3v) is 7.49. The number of allylic oxidation sites excluding steroid dienone is 4. The van der Waals surface area contributed by atoms with Gasteiger partial charge in [-0.15, -0.1) is 17.5 Å². The van der Waals surface area contributed by atoms with Crippen LogP contribution in [0.15, 0.2) is 48.6 Å². The zero-order valence-electron chi connectivity index (χ0n) is 20.9. The molecule has 166 valence electrons. The van der Waals surface area contributed by atoms with Gasteiger partial charge in [-0.2, -0.15) is 29.8 Å². The summed E-state index contributed by atoms with van der Waals surface area (Å²) < 4.78 is 1.79. The van der Waals surface area contributed by atoms with Crippen molar-refractivity contribution in [3.8, 4) is 11.1 Å². The van der Waals surface area contributed by atoms with Crippen LogP contribution < -0.4 is 0 Å². The van der Waals surface area contributed by atoms with Gasteiger partial charge in [0.1, 0.15) is 0 Å². The topological polar surface area (TPSA) is 0 Å². The van der Waals surface area contributed by atoms with Crippen molar-refractivity contribution in [2.45, 2.75) is 90.9 Å². The fourth-order valence-corrected chi connectivity index (χ4v) is 5.04. The number of fused-ring (bicyclic) bond motifs is 3. The second-order valence-electron chi connectivity index (χ2n) is 11.1. The molecule has 0 aromatic heterocycles. The van der Waals surface area contributed by atoms with E-state index in [-0.39, 0.29) is 10.8 Å². The Kier molecular flexibility index (Phi) is 8.49. The van der Waals surface area contributed by atoms with Gasteiger partial charge >= 0.3 is 53.1 Å². The quantitative estimate of drug-likeness (QED) is 0.272. The summed E-state index contributed by atoms with van der Waals surface area (Å²) >= 11 is 1.68. The number of hydrogen-bond donors (Lipinski definition) is 0. The Morgan fingerprint density at radius 2 is 1.53 bits per heavy atom. The van der Waals surface area contributed by atoms with Crippen LogP contribution in [0, 0.1) is 12.1 Å². The first-order chi connectivity index (χ1) is 15.1. The maximum absolute atomic E-state index is 3.67. The third-order valence-electron chi connectivity index (χ3n) is 6.26. The Balaban J connectivity index is 0.000000213. The second-order valence-corrected chi connectivity index (χ2v) is 12.9. The summed E-state index contributed by atoms with van der Waals surface area (Å²) in [6, 6.07) is 15.2. The van der Waals surface area contributed by atoms with Crippen molar-refractivity contribution in [1.29, 1.82) is 0 Å². The average Bonchev–Trinajstić information content (AvgIpc) is 3.48.